The van der Waals surface area contributed by atoms with Crippen molar-refractivity contribution in [3.63, 3.8) is 0 Å². The molecular weight excluding hydrogens is 355 g/mol. The van der Waals surface area contributed by atoms with Crippen LogP contribution in [0, 0.1) is 0 Å². The first kappa shape index (κ1) is 18.5. The third-order valence-electron chi connectivity index (χ3n) is 2.08. The van der Waals surface area contributed by atoms with E-state index < -0.39 is 0 Å². The van der Waals surface area contributed by atoms with Crippen LogP contribution in [0.2, 0.25) is 5.02 Å². The second-order valence-corrected chi connectivity index (χ2v) is 5.22. The fourth-order valence-electron chi connectivity index (χ4n) is 1.44. The molecule has 0 radical (unpaired) electrons. The molecule has 0 heterocycles. The molecule has 4 nitrogen and oxygen atoms in total. The summed E-state index contributed by atoms with van der Waals surface area (Å²) in [5.41, 5.74) is 6.12. The molecule has 0 aliphatic carbocycles. The number of benzene rings is 1. The Morgan fingerprint density at radius 1 is 1.58 bits per heavy atom. The normalized spacial score (nSPS) is 11.4. The van der Waals surface area contributed by atoms with E-state index in [-0.39, 0.29) is 30.8 Å². The standard InChI is InChI=1S/C12H16BrClN2O2.ClH/c1-3-18-12-9(13)5-8(14)6-10(12)16-11(17)4-7(2)15;/h5-7H,3-4,15H2,1-2H3,(H,16,17);1H. The van der Waals surface area contributed by atoms with Crippen LogP contribution in [0.15, 0.2) is 16.6 Å². The summed E-state index contributed by atoms with van der Waals surface area (Å²) >= 11 is 9.30. The molecule has 0 fully saturated rings. The van der Waals surface area contributed by atoms with Crippen molar-refractivity contribution < 1.29 is 9.53 Å². The summed E-state index contributed by atoms with van der Waals surface area (Å²) in [5.74, 6) is 0.403. The van der Waals surface area contributed by atoms with Crippen LogP contribution in [0.25, 0.3) is 0 Å². The molecule has 108 valence electrons. The largest absolute Gasteiger partial charge is 0.491 e. The number of anilines is 1. The lowest BCUT2D eigenvalue weighted by molar-refractivity contribution is -0.116. The van der Waals surface area contributed by atoms with Crippen molar-refractivity contribution in [3.05, 3.63) is 21.6 Å². The van der Waals surface area contributed by atoms with E-state index in [1.165, 1.54) is 0 Å². The zero-order chi connectivity index (χ0) is 13.7. The second-order valence-electron chi connectivity index (χ2n) is 3.93. The molecule has 0 saturated carbocycles. The molecule has 1 aromatic carbocycles. The number of rotatable bonds is 5. The zero-order valence-corrected chi connectivity index (χ0v) is 13.9. The summed E-state index contributed by atoms with van der Waals surface area (Å²) in [4.78, 5) is 11.7. The molecule has 0 bridgehead atoms. The molecule has 1 rings (SSSR count). The van der Waals surface area contributed by atoms with Gasteiger partial charge in [0.15, 0.2) is 5.75 Å². The fourth-order valence-corrected chi connectivity index (χ4v) is 2.36. The summed E-state index contributed by atoms with van der Waals surface area (Å²) in [6.07, 6.45) is 0.246. The first-order valence-corrected chi connectivity index (χ1v) is 6.78. The van der Waals surface area contributed by atoms with Gasteiger partial charge in [-0.05, 0) is 41.9 Å². The Morgan fingerprint density at radius 3 is 2.74 bits per heavy atom. The number of carbonyl (C=O) groups is 1. The number of nitrogens with two attached hydrogens (primary N) is 1. The van der Waals surface area contributed by atoms with Crippen LogP contribution in [0.1, 0.15) is 20.3 Å². The maximum Gasteiger partial charge on any atom is 0.226 e. The number of carbonyl (C=O) groups excluding carboxylic acids is 1. The first-order chi connectivity index (χ1) is 8.43. The van der Waals surface area contributed by atoms with Gasteiger partial charge in [-0.3, -0.25) is 4.79 Å². The smallest absolute Gasteiger partial charge is 0.226 e. The number of hydrogen-bond donors (Lipinski definition) is 2. The quantitative estimate of drug-likeness (QED) is 0.830. The highest BCUT2D eigenvalue weighted by Gasteiger charge is 2.13. The molecule has 1 unspecified atom stereocenters. The van der Waals surface area contributed by atoms with Gasteiger partial charge in [0, 0.05) is 17.5 Å². The highest BCUT2D eigenvalue weighted by atomic mass is 79.9. The van der Waals surface area contributed by atoms with E-state index in [1.807, 2.05) is 6.92 Å². The average molecular weight is 372 g/mol. The van der Waals surface area contributed by atoms with Crippen LogP contribution < -0.4 is 15.8 Å². The van der Waals surface area contributed by atoms with Crippen LogP contribution in [0.3, 0.4) is 0 Å². The molecule has 3 N–H and O–H groups in total. The van der Waals surface area contributed by atoms with Gasteiger partial charge in [-0.15, -0.1) is 12.4 Å². The van der Waals surface area contributed by atoms with E-state index in [0.29, 0.717) is 27.5 Å². The number of hydrogen-bond acceptors (Lipinski definition) is 3. The molecule has 0 aliphatic heterocycles. The molecule has 0 aliphatic rings. The summed E-state index contributed by atoms with van der Waals surface area (Å²) in [6.45, 7) is 4.14. The topological polar surface area (TPSA) is 64.3 Å². The lowest BCUT2D eigenvalue weighted by Crippen LogP contribution is -2.24. The Bertz CT molecular complexity index is 442. The van der Waals surface area contributed by atoms with Gasteiger partial charge < -0.3 is 15.8 Å². The van der Waals surface area contributed by atoms with E-state index in [0.717, 1.165) is 0 Å². The average Bonchev–Trinajstić information content (AvgIpc) is 2.21. The van der Waals surface area contributed by atoms with Crippen molar-refractivity contribution >= 4 is 51.5 Å². The van der Waals surface area contributed by atoms with Gasteiger partial charge in [0.1, 0.15) is 0 Å². The van der Waals surface area contributed by atoms with Gasteiger partial charge >= 0.3 is 0 Å². The van der Waals surface area contributed by atoms with Crippen LogP contribution in [0.5, 0.6) is 5.75 Å². The highest BCUT2D eigenvalue weighted by Crippen LogP contribution is 2.36. The van der Waals surface area contributed by atoms with Crippen LogP contribution in [0.4, 0.5) is 5.69 Å². The first-order valence-electron chi connectivity index (χ1n) is 5.61. The lowest BCUT2D eigenvalue weighted by Gasteiger charge is -2.14. The third-order valence-corrected chi connectivity index (χ3v) is 2.89. The minimum absolute atomic E-state index is 0. The predicted molar refractivity (Wildman–Crippen MR) is 84.5 cm³/mol. The maximum absolute atomic E-state index is 11.7. The Balaban J connectivity index is 0.00000324. The van der Waals surface area contributed by atoms with E-state index in [9.17, 15) is 4.79 Å². The number of nitrogens with one attached hydrogen (secondary N) is 1. The third kappa shape index (κ3) is 5.99. The summed E-state index contributed by atoms with van der Waals surface area (Å²) in [7, 11) is 0. The number of amides is 1. The summed E-state index contributed by atoms with van der Waals surface area (Å²) in [5, 5.41) is 3.27. The molecule has 19 heavy (non-hydrogen) atoms. The number of halogens is 3. The SMILES string of the molecule is CCOc1c(Br)cc(Cl)cc1NC(=O)CC(C)N.Cl. The molecule has 1 atom stereocenters. The Hall–Kier alpha value is -0.490. The van der Waals surface area contributed by atoms with Crippen molar-refractivity contribution in [2.75, 3.05) is 11.9 Å². The summed E-state index contributed by atoms with van der Waals surface area (Å²) in [6, 6.07) is 3.17. The number of ether oxygens (including phenoxy) is 1. The van der Waals surface area contributed by atoms with Gasteiger partial charge in [-0.2, -0.15) is 0 Å². The molecule has 1 amide bonds. The summed E-state index contributed by atoms with van der Waals surface area (Å²) < 4.78 is 6.18. The maximum atomic E-state index is 11.7. The van der Waals surface area contributed by atoms with E-state index in [4.69, 9.17) is 22.1 Å². The van der Waals surface area contributed by atoms with Crippen molar-refractivity contribution in [3.8, 4) is 5.75 Å². The van der Waals surface area contributed by atoms with Gasteiger partial charge in [0.25, 0.3) is 0 Å². The lowest BCUT2D eigenvalue weighted by atomic mass is 10.2. The van der Waals surface area contributed by atoms with E-state index in [1.54, 1.807) is 19.1 Å². The second kappa shape index (κ2) is 8.64. The highest BCUT2D eigenvalue weighted by molar-refractivity contribution is 9.10. The molecule has 0 aromatic heterocycles. The van der Waals surface area contributed by atoms with E-state index >= 15 is 0 Å². The Kier molecular flexibility index (Phi) is 8.41. The Morgan fingerprint density at radius 2 is 2.21 bits per heavy atom. The molecule has 7 heteroatoms. The van der Waals surface area contributed by atoms with Gasteiger partial charge in [-0.25, -0.2) is 0 Å². The predicted octanol–water partition coefficient (Wildman–Crippen LogP) is 3.60. The van der Waals surface area contributed by atoms with Gasteiger partial charge in [-0.1, -0.05) is 11.6 Å². The molecule has 1 aromatic rings. The van der Waals surface area contributed by atoms with Gasteiger partial charge in [0.05, 0.1) is 16.8 Å². The van der Waals surface area contributed by atoms with Gasteiger partial charge in [0.2, 0.25) is 5.91 Å². The minimum Gasteiger partial charge on any atom is -0.491 e. The van der Waals surface area contributed by atoms with Crippen molar-refractivity contribution in [2.45, 2.75) is 26.3 Å². The fraction of sp³-hybridized carbons (Fsp3) is 0.417. The molecule has 0 saturated heterocycles. The minimum atomic E-state index is -0.192. The molecular formula is C12H17BrCl2N2O2. The van der Waals surface area contributed by atoms with Crippen molar-refractivity contribution in [1.82, 2.24) is 0 Å². The zero-order valence-electron chi connectivity index (χ0n) is 10.7. The monoisotopic (exact) mass is 370 g/mol. The van der Waals surface area contributed by atoms with Crippen LogP contribution >= 0.6 is 39.9 Å². The van der Waals surface area contributed by atoms with Crippen molar-refractivity contribution in [2.24, 2.45) is 5.73 Å². The van der Waals surface area contributed by atoms with Crippen LogP contribution in [-0.4, -0.2) is 18.6 Å². The van der Waals surface area contributed by atoms with Crippen LogP contribution in [-0.2, 0) is 4.79 Å². The van der Waals surface area contributed by atoms with E-state index in [2.05, 4.69) is 21.2 Å². The van der Waals surface area contributed by atoms with Crippen molar-refractivity contribution in [1.29, 1.82) is 0 Å². The Labute approximate surface area is 132 Å². The molecule has 0 spiro atoms.